The Hall–Kier alpha value is -1.73. The first-order valence-electron chi connectivity index (χ1n) is 8.89. The zero-order valence-corrected chi connectivity index (χ0v) is 16.8. The van der Waals surface area contributed by atoms with E-state index in [-0.39, 0.29) is 29.9 Å². The maximum Gasteiger partial charge on any atom is 0.228 e. The smallest absolute Gasteiger partial charge is 0.228 e. The number of nitrogens with zero attached hydrogens (tertiary/aromatic N) is 2. The number of hydrogen-bond acceptors (Lipinski definition) is 5. The van der Waals surface area contributed by atoms with Gasteiger partial charge in [0.05, 0.1) is 23.6 Å². The van der Waals surface area contributed by atoms with Crippen LogP contribution in [0.25, 0.3) is 10.6 Å². The highest BCUT2D eigenvalue weighted by molar-refractivity contribution is 7.91. The van der Waals surface area contributed by atoms with Crippen LogP contribution in [0, 0.1) is 6.92 Å². The zero-order chi connectivity index (χ0) is 18.7. The minimum Gasteiger partial charge on any atom is -0.338 e. The van der Waals surface area contributed by atoms with Crippen molar-refractivity contribution in [2.24, 2.45) is 0 Å². The Morgan fingerprint density at radius 3 is 2.85 bits per heavy atom. The normalized spacial score (nSPS) is 18.8. The summed E-state index contributed by atoms with van der Waals surface area (Å²) in [4.78, 5) is 19.2. The first kappa shape index (κ1) is 19.0. The molecule has 1 unspecified atom stereocenters. The van der Waals surface area contributed by atoms with Gasteiger partial charge in [0.2, 0.25) is 5.91 Å². The van der Waals surface area contributed by atoms with Crippen LogP contribution in [-0.2, 0) is 21.1 Å². The van der Waals surface area contributed by atoms with Crippen molar-refractivity contribution < 1.29 is 13.2 Å². The van der Waals surface area contributed by atoms with Crippen LogP contribution < -0.4 is 0 Å². The van der Waals surface area contributed by atoms with E-state index in [1.54, 1.807) is 4.90 Å². The van der Waals surface area contributed by atoms with E-state index in [9.17, 15) is 13.2 Å². The molecule has 5 nitrogen and oxygen atoms in total. The van der Waals surface area contributed by atoms with E-state index in [0.29, 0.717) is 13.0 Å². The predicted octanol–water partition coefficient (Wildman–Crippen LogP) is 3.09. The van der Waals surface area contributed by atoms with Crippen molar-refractivity contribution in [1.29, 1.82) is 0 Å². The average Bonchev–Trinajstić information content (AvgIpc) is 3.19. The van der Waals surface area contributed by atoms with Gasteiger partial charge in [0.15, 0.2) is 9.84 Å². The van der Waals surface area contributed by atoms with E-state index in [4.69, 9.17) is 0 Å². The third-order valence-electron chi connectivity index (χ3n) is 4.58. The lowest BCUT2D eigenvalue weighted by molar-refractivity contribution is -0.132. The summed E-state index contributed by atoms with van der Waals surface area (Å²) in [6.07, 6.45) is 1.58. The number of amides is 1. The molecule has 1 aromatic carbocycles. The second kappa shape index (κ2) is 7.88. The largest absolute Gasteiger partial charge is 0.338 e. The Bertz CT molecular complexity index is 890. The van der Waals surface area contributed by atoms with Crippen molar-refractivity contribution in [3.05, 3.63) is 40.9 Å². The van der Waals surface area contributed by atoms with Crippen LogP contribution in [0.15, 0.2) is 29.6 Å². The summed E-state index contributed by atoms with van der Waals surface area (Å²) in [6.45, 7) is 4.64. The Labute approximate surface area is 159 Å². The maximum atomic E-state index is 12.8. The van der Waals surface area contributed by atoms with E-state index in [0.717, 1.165) is 22.7 Å². The molecule has 0 N–H and O–H groups in total. The molecule has 1 aliphatic rings. The fourth-order valence-corrected chi connectivity index (χ4v) is 5.88. The first-order chi connectivity index (χ1) is 12.4. The monoisotopic (exact) mass is 392 g/mol. The Morgan fingerprint density at radius 1 is 1.38 bits per heavy atom. The molecule has 7 heteroatoms. The van der Waals surface area contributed by atoms with Gasteiger partial charge < -0.3 is 4.90 Å². The summed E-state index contributed by atoms with van der Waals surface area (Å²) < 4.78 is 23.5. The molecule has 0 bridgehead atoms. The van der Waals surface area contributed by atoms with Crippen molar-refractivity contribution in [3.63, 3.8) is 0 Å². The molecule has 3 rings (SSSR count). The standard InChI is InChI=1S/C19H24N2O3S2/c1-3-8-21(17-7-9-26(23,24)13-17)18(22)11-16-12-25-19(20-16)15-6-4-5-14(2)10-15/h4-6,10,12,17H,3,7-9,11,13H2,1-2H3. The van der Waals surface area contributed by atoms with Crippen LogP contribution in [0.1, 0.15) is 31.0 Å². The van der Waals surface area contributed by atoms with Gasteiger partial charge >= 0.3 is 0 Å². The van der Waals surface area contributed by atoms with E-state index in [1.807, 2.05) is 37.4 Å². The highest BCUT2D eigenvalue weighted by atomic mass is 32.2. The summed E-state index contributed by atoms with van der Waals surface area (Å²) in [5.41, 5.74) is 2.98. The highest BCUT2D eigenvalue weighted by Crippen LogP contribution is 2.25. The topological polar surface area (TPSA) is 67.3 Å². The lowest BCUT2D eigenvalue weighted by Gasteiger charge is -2.27. The number of rotatable bonds is 6. The molecule has 0 aliphatic carbocycles. The molecule has 140 valence electrons. The van der Waals surface area contributed by atoms with Gasteiger partial charge in [0, 0.05) is 23.5 Å². The second-order valence-corrected chi connectivity index (χ2v) is 9.92. The SMILES string of the molecule is CCCN(C(=O)Cc1csc(-c2cccc(C)c2)n1)C1CCS(=O)(=O)C1. The molecule has 1 amide bonds. The fraction of sp³-hybridized carbons (Fsp3) is 0.474. The van der Waals surface area contributed by atoms with E-state index in [2.05, 4.69) is 11.1 Å². The van der Waals surface area contributed by atoms with Crippen molar-refractivity contribution in [2.75, 3.05) is 18.1 Å². The molecule has 1 aromatic heterocycles. The van der Waals surface area contributed by atoms with Gasteiger partial charge in [-0.2, -0.15) is 0 Å². The lowest BCUT2D eigenvalue weighted by Crippen LogP contribution is -2.42. The van der Waals surface area contributed by atoms with Gasteiger partial charge in [-0.1, -0.05) is 30.7 Å². The van der Waals surface area contributed by atoms with E-state index >= 15 is 0 Å². The maximum absolute atomic E-state index is 12.8. The summed E-state index contributed by atoms with van der Waals surface area (Å²) in [5.74, 6) is 0.235. The summed E-state index contributed by atoms with van der Waals surface area (Å²) in [5, 5.41) is 2.83. The van der Waals surface area contributed by atoms with Crippen LogP contribution in [-0.4, -0.2) is 48.3 Å². The van der Waals surface area contributed by atoms with Gasteiger partial charge in [0.1, 0.15) is 5.01 Å². The van der Waals surface area contributed by atoms with Crippen molar-refractivity contribution in [3.8, 4) is 10.6 Å². The molecular formula is C19H24N2O3S2. The van der Waals surface area contributed by atoms with E-state index < -0.39 is 9.84 Å². The van der Waals surface area contributed by atoms with E-state index in [1.165, 1.54) is 16.9 Å². The van der Waals surface area contributed by atoms with Gasteiger partial charge in [0.25, 0.3) is 0 Å². The summed E-state index contributed by atoms with van der Waals surface area (Å²) in [7, 11) is -3.01. The Morgan fingerprint density at radius 2 is 2.19 bits per heavy atom. The average molecular weight is 393 g/mol. The Kier molecular flexibility index (Phi) is 5.77. The zero-order valence-electron chi connectivity index (χ0n) is 15.1. The quantitative estimate of drug-likeness (QED) is 0.758. The molecule has 26 heavy (non-hydrogen) atoms. The third kappa shape index (κ3) is 4.51. The number of carbonyl (C=O) groups excluding carboxylic acids is 1. The molecule has 1 saturated heterocycles. The number of aromatic nitrogens is 1. The number of sulfone groups is 1. The van der Waals surface area contributed by atoms with Gasteiger partial charge in [-0.25, -0.2) is 13.4 Å². The minimum absolute atomic E-state index is 0.0324. The predicted molar refractivity (Wildman–Crippen MR) is 105 cm³/mol. The fourth-order valence-electron chi connectivity index (χ4n) is 3.33. The van der Waals surface area contributed by atoms with Crippen molar-refractivity contribution >= 4 is 27.1 Å². The number of hydrogen-bond donors (Lipinski definition) is 0. The number of thiazole rings is 1. The van der Waals surface area contributed by atoms with Crippen LogP contribution in [0.5, 0.6) is 0 Å². The molecule has 1 fully saturated rings. The van der Waals surface area contributed by atoms with Crippen LogP contribution in [0.3, 0.4) is 0 Å². The van der Waals surface area contributed by atoms with Gasteiger partial charge in [-0.15, -0.1) is 11.3 Å². The second-order valence-electron chi connectivity index (χ2n) is 6.83. The summed E-state index contributed by atoms with van der Waals surface area (Å²) in [6, 6.07) is 7.95. The number of carbonyl (C=O) groups is 1. The van der Waals surface area contributed by atoms with Crippen LogP contribution in [0.4, 0.5) is 0 Å². The molecular weight excluding hydrogens is 368 g/mol. The minimum atomic E-state index is -3.01. The molecule has 2 aromatic rings. The number of aryl methyl sites for hydroxylation is 1. The first-order valence-corrected chi connectivity index (χ1v) is 11.6. The Balaban J connectivity index is 1.72. The summed E-state index contributed by atoms with van der Waals surface area (Å²) >= 11 is 1.53. The molecule has 0 saturated carbocycles. The molecule has 0 radical (unpaired) electrons. The van der Waals surface area contributed by atoms with Crippen molar-refractivity contribution in [2.45, 2.75) is 39.2 Å². The van der Waals surface area contributed by atoms with Crippen LogP contribution in [0.2, 0.25) is 0 Å². The van der Waals surface area contributed by atoms with Crippen molar-refractivity contribution in [1.82, 2.24) is 9.88 Å². The lowest BCUT2D eigenvalue weighted by atomic mass is 10.1. The van der Waals surface area contributed by atoms with Gasteiger partial charge in [-0.05, 0) is 25.8 Å². The molecule has 1 atom stereocenters. The molecule has 0 spiro atoms. The molecule has 2 heterocycles. The number of benzene rings is 1. The highest BCUT2D eigenvalue weighted by Gasteiger charge is 2.34. The van der Waals surface area contributed by atoms with Gasteiger partial charge in [-0.3, -0.25) is 4.79 Å². The third-order valence-corrected chi connectivity index (χ3v) is 7.27. The van der Waals surface area contributed by atoms with Crippen LogP contribution >= 0.6 is 11.3 Å². The molecule has 1 aliphatic heterocycles.